The molecule has 0 atom stereocenters. The summed E-state index contributed by atoms with van der Waals surface area (Å²) in [5.41, 5.74) is 1.75. The number of aromatic carboxylic acids is 1. The van der Waals surface area contributed by atoms with E-state index in [1.165, 1.54) is 11.3 Å². The minimum Gasteiger partial charge on any atom is -0.477 e. The number of thiazole rings is 1. The SMILES string of the molecule is CC(C)c1nc(Cc2ccccc2)c(C(=O)O)s1. The van der Waals surface area contributed by atoms with Crippen LogP contribution in [0.3, 0.4) is 0 Å². The topological polar surface area (TPSA) is 50.2 Å². The molecule has 0 saturated heterocycles. The number of rotatable bonds is 4. The van der Waals surface area contributed by atoms with Gasteiger partial charge in [0.2, 0.25) is 0 Å². The molecule has 0 fully saturated rings. The van der Waals surface area contributed by atoms with Gasteiger partial charge in [0.1, 0.15) is 4.88 Å². The highest BCUT2D eigenvalue weighted by Gasteiger charge is 2.18. The first-order chi connectivity index (χ1) is 8.58. The van der Waals surface area contributed by atoms with Gasteiger partial charge in [0, 0.05) is 12.3 Å². The van der Waals surface area contributed by atoms with Crippen molar-refractivity contribution in [2.24, 2.45) is 0 Å². The summed E-state index contributed by atoms with van der Waals surface area (Å²) in [4.78, 5) is 16.0. The number of carbonyl (C=O) groups is 1. The van der Waals surface area contributed by atoms with Gasteiger partial charge in [-0.1, -0.05) is 44.2 Å². The molecule has 2 aromatic rings. The summed E-state index contributed by atoms with van der Waals surface area (Å²) in [5, 5.41) is 10.1. The third-order valence-corrected chi connectivity index (χ3v) is 4.00. The molecule has 0 unspecified atom stereocenters. The molecule has 0 amide bonds. The molecule has 4 heteroatoms. The molecule has 1 aromatic heterocycles. The van der Waals surface area contributed by atoms with Crippen LogP contribution in [0.2, 0.25) is 0 Å². The number of benzene rings is 1. The molecule has 3 nitrogen and oxygen atoms in total. The van der Waals surface area contributed by atoms with E-state index in [1.807, 2.05) is 44.2 Å². The average molecular weight is 261 g/mol. The molecular weight excluding hydrogens is 246 g/mol. The van der Waals surface area contributed by atoms with Crippen LogP contribution in [0.4, 0.5) is 0 Å². The lowest BCUT2D eigenvalue weighted by molar-refractivity contribution is 0.0701. The van der Waals surface area contributed by atoms with Crippen LogP contribution in [0.25, 0.3) is 0 Å². The van der Waals surface area contributed by atoms with Crippen LogP contribution in [-0.4, -0.2) is 16.1 Å². The lowest BCUT2D eigenvalue weighted by Gasteiger charge is -1.99. The van der Waals surface area contributed by atoms with Crippen molar-refractivity contribution in [1.29, 1.82) is 0 Å². The molecule has 0 spiro atoms. The highest BCUT2D eigenvalue weighted by molar-refractivity contribution is 7.13. The van der Waals surface area contributed by atoms with Crippen LogP contribution in [0.1, 0.15) is 45.7 Å². The van der Waals surface area contributed by atoms with Crippen molar-refractivity contribution in [2.45, 2.75) is 26.2 Å². The number of aromatic nitrogens is 1. The molecule has 1 aromatic carbocycles. The van der Waals surface area contributed by atoms with Crippen LogP contribution in [-0.2, 0) is 6.42 Å². The number of carboxylic acids is 1. The second kappa shape index (κ2) is 5.31. The summed E-state index contributed by atoms with van der Waals surface area (Å²) in [7, 11) is 0. The van der Waals surface area contributed by atoms with Crippen molar-refractivity contribution >= 4 is 17.3 Å². The van der Waals surface area contributed by atoms with Crippen molar-refractivity contribution in [1.82, 2.24) is 4.98 Å². The zero-order valence-electron chi connectivity index (χ0n) is 10.4. The molecule has 0 saturated carbocycles. The smallest absolute Gasteiger partial charge is 0.347 e. The molecule has 0 aliphatic heterocycles. The summed E-state index contributed by atoms with van der Waals surface area (Å²) in [6.45, 7) is 4.05. The highest BCUT2D eigenvalue weighted by atomic mass is 32.1. The Morgan fingerprint density at radius 2 is 2.00 bits per heavy atom. The van der Waals surface area contributed by atoms with E-state index in [9.17, 15) is 9.90 Å². The van der Waals surface area contributed by atoms with Gasteiger partial charge in [-0.2, -0.15) is 0 Å². The standard InChI is InChI=1S/C14H15NO2S/c1-9(2)13-15-11(12(18-13)14(16)17)8-10-6-4-3-5-7-10/h3-7,9H,8H2,1-2H3,(H,16,17). The van der Waals surface area contributed by atoms with Crippen molar-refractivity contribution < 1.29 is 9.90 Å². The van der Waals surface area contributed by atoms with Gasteiger partial charge in [-0.05, 0) is 5.56 Å². The summed E-state index contributed by atoms with van der Waals surface area (Å²) in [6.07, 6.45) is 0.575. The van der Waals surface area contributed by atoms with E-state index in [2.05, 4.69) is 4.98 Å². The summed E-state index contributed by atoms with van der Waals surface area (Å²) >= 11 is 1.28. The Labute approximate surface area is 110 Å². The van der Waals surface area contributed by atoms with Crippen LogP contribution in [0.5, 0.6) is 0 Å². The van der Waals surface area contributed by atoms with Gasteiger partial charge in [0.15, 0.2) is 0 Å². The van der Waals surface area contributed by atoms with E-state index < -0.39 is 5.97 Å². The maximum Gasteiger partial charge on any atom is 0.347 e. The molecule has 1 N–H and O–H groups in total. The first-order valence-electron chi connectivity index (χ1n) is 5.84. The van der Waals surface area contributed by atoms with Crippen molar-refractivity contribution in [2.75, 3.05) is 0 Å². The van der Waals surface area contributed by atoms with Gasteiger partial charge < -0.3 is 5.11 Å². The Balaban J connectivity index is 2.34. The molecule has 0 radical (unpaired) electrons. The van der Waals surface area contributed by atoms with Crippen molar-refractivity contribution in [3.05, 3.63) is 51.5 Å². The fourth-order valence-corrected chi connectivity index (χ4v) is 2.62. The number of carboxylic acid groups (broad SMARTS) is 1. The second-order valence-electron chi connectivity index (χ2n) is 4.45. The van der Waals surface area contributed by atoms with E-state index in [4.69, 9.17) is 0 Å². The van der Waals surface area contributed by atoms with Gasteiger partial charge >= 0.3 is 5.97 Å². The number of nitrogens with zero attached hydrogens (tertiary/aromatic N) is 1. The summed E-state index contributed by atoms with van der Waals surface area (Å²) < 4.78 is 0. The zero-order chi connectivity index (χ0) is 13.1. The lowest BCUT2D eigenvalue weighted by Crippen LogP contribution is -1.99. The second-order valence-corrected chi connectivity index (χ2v) is 5.48. The van der Waals surface area contributed by atoms with E-state index >= 15 is 0 Å². The quantitative estimate of drug-likeness (QED) is 0.915. The minimum atomic E-state index is -0.884. The van der Waals surface area contributed by atoms with Crippen LogP contribution in [0.15, 0.2) is 30.3 Å². The Morgan fingerprint density at radius 1 is 1.33 bits per heavy atom. The minimum absolute atomic E-state index is 0.262. The van der Waals surface area contributed by atoms with Gasteiger partial charge in [-0.25, -0.2) is 9.78 Å². The van der Waals surface area contributed by atoms with E-state index in [0.29, 0.717) is 17.0 Å². The molecule has 18 heavy (non-hydrogen) atoms. The Kier molecular flexibility index (Phi) is 3.77. The number of hydrogen-bond acceptors (Lipinski definition) is 3. The van der Waals surface area contributed by atoms with Gasteiger partial charge in [0.05, 0.1) is 10.7 Å². The third kappa shape index (κ3) is 2.76. The van der Waals surface area contributed by atoms with E-state index in [1.54, 1.807) is 0 Å². The van der Waals surface area contributed by atoms with Crippen LogP contribution in [0, 0.1) is 0 Å². The summed E-state index contributed by atoms with van der Waals surface area (Å²) in [5.74, 6) is -0.622. The third-order valence-electron chi connectivity index (χ3n) is 2.62. The molecule has 94 valence electrons. The predicted molar refractivity (Wildman–Crippen MR) is 72.4 cm³/mol. The fourth-order valence-electron chi connectivity index (χ4n) is 1.69. The monoisotopic (exact) mass is 261 g/mol. The van der Waals surface area contributed by atoms with Crippen molar-refractivity contribution in [3.8, 4) is 0 Å². The molecule has 1 heterocycles. The lowest BCUT2D eigenvalue weighted by atomic mass is 10.1. The Hall–Kier alpha value is -1.68. The highest BCUT2D eigenvalue weighted by Crippen LogP contribution is 2.26. The van der Waals surface area contributed by atoms with Gasteiger partial charge in [0.25, 0.3) is 0 Å². The van der Waals surface area contributed by atoms with Crippen molar-refractivity contribution in [3.63, 3.8) is 0 Å². The van der Waals surface area contributed by atoms with E-state index in [0.717, 1.165) is 10.6 Å². The zero-order valence-corrected chi connectivity index (χ0v) is 11.2. The maximum atomic E-state index is 11.2. The first kappa shape index (κ1) is 12.8. The summed E-state index contributed by atoms with van der Waals surface area (Å²) in [6, 6.07) is 9.82. The molecule has 0 bridgehead atoms. The first-order valence-corrected chi connectivity index (χ1v) is 6.66. The van der Waals surface area contributed by atoms with Crippen LogP contribution >= 0.6 is 11.3 Å². The maximum absolute atomic E-state index is 11.2. The van der Waals surface area contributed by atoms with Gasteiger partial charge in [-0.3, -0.25) is 0 Å². The van der Waals surface area contributed by atoms with E-state index in [-0.39, 0.29) is 5.92 Å². The number of hydrogen-bond donors (Lipinski definition) is 1. The predicted octanol–water partition coefficient (Wildman–Crippen LogP) is 3.56. The average Bonchev–Trinajstić information content (AvgIpc) is 2.74. The molecule has 2 rings (SSSR count). The Bertz CT molecular complexity index is 546. The Morgan fingerprint density at radius 3 is 2.56 bits per heavy atom. The fraction of sp³-hybridized carbons (Fsp3) is 0.286. The van der Waals surface area contributed by atoms with Gasteiger partial charge in [-0.15, -0.1) is 11.3 Å². The largest absolute Gasteiger partial charge is 0.477 e. The molecule has 0 aliphatic carbocycles. The molecule has 0 aliphatic rings. The van der Waals surface area contributed by atoms with Crippen LogP contribution < -0.4 is 0 Å². The normalized spacial score (nSPS) is 10.8. The molecular formula is C14H15NO2S.